The second kappa shape index (κ2) is 11.3. The molecule has 3 rings (SSSR count). The highest BCUT2D eigenvalue weighted by molar-refractivity contribution is 7.92. The Morgan fingerprint density at radius 3 is 2.32 bits per heavy atom. The van der Waals surface area contributed by atoms with E-state index in [4.69, 9.17) is 21.1 Å². The van der Waals surface area contributed by atoms with Gasteiger partial charge < -0.3 is 14.8 Å². The fourth-order valence-corrected chi connectivity index (χ4v) is 5.05. The average Bonchev–Trinajstić information content (AvgIpc) is 2.83. The van der Waals surface area contributed by atoms with Crippen LogP contribution in [0.3, 0.4) is 0 Å². The number of amides is 1. The zero-order chi connectivity index (χ0) is 24.7. The number of hydrogen-bond donors (Lipinski definition) is 1. The second-order valence-electron chi connectivity index (χ2n) is 7.43. The molecule has 180 valence electrons. The maximum absolute atomic E-state index is 13.4. The number of nitrogens with zero attached hydrogens (tertiary/aromatic N) is 1. The lowest BCUT2D eigenvalue weighted by molar-refractivity contribution is -0.120. The Balaban J connectivity index is 1.86. The van der Waals surface area contributed by atoms with Crippen molar-refractivity contribution in [2.24, 2.45) is 0 Å². The van der Waals surface area contributed by atoms with Gasteiger partial charge in [0.15, 0.2) is 0 Å². The van der Waals surface area contributed by atoms with E-state index in [0.717, 1.165) is 15.6 Å². The van der Waals surface area contributed by atoms with E-state index in [2.05, 4.69) is 5.32 Å². The molecule has 0 bridgehead atoms. The molecule has 1 atom stereocenters. The summed E-state index contributed by atoms with van der Waals surface area (Å²) in [7, 11) is -2.57. The molecule has 7 nitrogen and oxygen atoms in total. The van der Waals surface area contributed by atoms with E-state index in [1.54, 1.807) is 30.3 Å². The van der Waals surface area contributed by atoms with Crippen LogP contribution in [0.2, 0.25) is 5.02 Å². The van der Waals surface area contributed by atoms with Crippen molar-refractivity contribution < 1.29 is 22.7 Å². The van der Waals surface area contributed by atoms with E-state index in [1.165, 1.54) is 25.3 Å². The number of sulfonamides is 1. The number of anilines is 1. The maximum Gasteiger partial charge on any atom is 0.264 e. The summed E-state index contributed by atoms with van der Waals surface area (Å²) in [6, 6.07) is 19.5. The van der Waals surface area contributed by atoms with Gasteiger partial charge >= 0.3 is 0 Å². The van der Waals surface area contributed by atoms with Crippen LogP contribution in [0.25, 0.3) is 0 Å². The Hall–Kier alpha value is -3.23. The molecule has 3 aromatic rings. The molecule has 0 aliphatic rings. The van der Waals surface area contributed by atoms with E-state index >= 15 is 0 Å². The van der Waals surface area contributed by atoms with Gasteiger partial charge in [-0.3, -0.25) is 9.10 Å². The Morgan fingerprint density at radius 2 is 1.74 bits per heavy atom. The summed E-state index contributed by atoms with van der Waals surface area (Å²) in [4.78, 5) is 13.0. The number of halogens is 1. The van der Waals surface area contributed by atoms with Crippen LogP contribution in [0.1, 0.15) is 25.5 Å². The first kappa shape index (κ1) is 25.4. The zero-order valence-corrected chi connectivity index (χ0v) is 20.8. The van der Waals surface area contributed by atoms with Gasteiger partial charge in [-0.1, -0.05) is 41.9 Å². The first-order valence-corrected chi connectivity index (χ1v) is 12.5. The van der Waals surface area contributed by atoms with E-state index < -0.39 is 22.5 Å². The molecule has 0 radical (unpaired) electrons. The second-order valence-corrected chi connectivity index (χ2v) is 9.70. The summed E-state index contributed by atoms with van der Waals surface area (Å²) in [5.41, 5.74) is 1.11. The molecule has 0 aliphatic heterocycles. The van der Waals surface area contributed by atoms with E-state index in [-0.39, 0.29) is 21.6 Å². The minimum atomic E-state index is -4.04. The van der Waals surface area contributed by atoms with Gasteiger partial charge in [-0.25, -0.2) is 8.42 Å². The van der Waals surface area contributed by atoms with Crippen molar-refractivity contribution in [3.63, 3.8) is 0 Å². The number of ether oxygens (including phenoxy) is 2. The predicted octanol–water partition coefficient (Wildman–Crippen LogP) is 4.82. The zero-order valence-electron chi connectivity index (χ0n) is 19.2. The van der Waals surface area contributed by atoms with Crippen LogP contribution in [0.4, 0.5) is 5.69 Å². The highest BCUT2D eigenvalue weighted by Crippen LogP contribution is 2.32. The Labute approximate surface area is 205 Å². The maximum atomic E-state index is 13.4. The van der Waals surface area contributed by atoms with Crippen LogP contribution in [0.5, 0.6) is 11.5 Å². The molecule has 0 aliphatic carbocycles. The van der Waals surface area contributed by atoms with Crippen LogP contribution in [0.15, 0.2) is 77.7 Å². The van der Waals surface area contributed by atoms with Crippen LogP contribution in [0, 0.1) is 0 Å². The number of rotatable bonds is 10. The predicted molar refractivity (Wildman–Crippen MR) is 133 cm³/mol. The SMILES string of the molecule is CCOc1ccc([C@@H](C)NC(=O)CN(c2ccc(OC)c(Cl)c2)S(=O)(=O)c2ccccc2)cc1. The van der Waals surface area contributed by atoms with Crippen molar-refractivity contribution in [2.75, 3.05) is 24.6 Å². The Kier molecular flexibility index (Phi) is 8.41. The van der Waals surface area contributed by atoms with Crippen molar-refractivity contribution >= 4 is 33.2 Å². The molecule has 0 fully saturated rings. The highest BCUT2D eigenvalue weighted by Gasteiger charge is 2.28. The summed E-state index contributed by atoms with van der Waals surface area (Å²) >= 11 is 6.25. The first-order valence-electron chi connectivity index (χ1n) is 10.7. The molecule has 0 saturated carbocycles. The van der Waals surface area contributed by atoms with Crippen molar-refractivity contribution in [1.29, 1.82) is 0 Å². The van der Waals surface area contributed by atoms with Crippen LogP contribution >= 0.6 is 11.6 Å². The molecule has 9 heteroatoms. The quantitative estimate of drug-likeness (QED) is 0.429. The Morgan fingerprint density at radius 1 is 1.06 bits per heavy atom. The van der Waals surface area contributed by atoms with Gasteiger partial charge in [0, 0.05) is 0 Å². The summed E-state index contributed by atoms with van der Waals surface area (Å²) in [6.45, 7) is 3.86. The molecular formula is C25H27ClN2O5S. The molecule has 0 heterocycles. The molecule has 1 amide bonds. The van der Waals surface area contributed by atoms with Gasteiger partial charge in [0.05, 0.1) is 35.4 Å². The topological polar surface area (TPSA) is 84.9 Å². The third-order valence-electron chi connectivity index (χ3n) is 5.11. The molecule has 0 saturated heterocycles. The number of carbonyl (C=O) groups is 1. The van der Waals surface area contributed by atoms with Gasteiger partial charge in [0.1, 0.15) is 18.0 Å². The van der Waals surface area contributed by atoms with Gasteiger partial charge in [0.2, 0.25) is 5.91 Å². The standard InChI is InChI=1S/C25H27ClN2O5S/c1-4-33-21-13-10-19(11-14-21)18(2)27-25(29)17-28(20-12-15-24(32-3)23(26)16-20)34(30,31)22-8-6-5-7-9-22/h5-16,18H,4,17H2,1-3H3,(H,27,29)/t18-/m1/s1. The molecule has 0 unspecified atom stereocenters. The largest absolute Gasteiger partial charge is 0.495 e. The minimum absolute atomic E-state index is 0.0642. The lowest BCUT2D eigenvalue weighted by Crippen LogP contribution is -2.41. The third kappa shape index (κ3) is 6.01. The average molecular weight is 503 g/mol. The monoisotopic (exact) mass is 502 g/mol. The van der Waals surface area contributed by atoms with Crippen molar-refractivity contribution in [2.45, 2.75) is 24.8 Å². The lowest BCUT2D eigenvalue weighted by atomic mass is 10.1. The normalized spacial score (nSPS) is 12.0. The molecular weight excluding hydrogens is 476 g/mol. The molecule has 3 aromatic carbocycles. The van der Waals surface area contributed by atoms with Gasteiger partial charge in [-0.15, -0.1) is 0 Å². The molecule has 0 spiro atoms. The smallest absolute Gasteiger partial charge is 0.264 e. The van der Waals surface area contributed by atoms with Crippen molar-refractivity contribution in [3.8, 4) is 11.5 Å². The van der Waals surface area contributed by atoms with Gasteiger partial charge in [-0.2, -0.15) is 0 Å². The number of methoxy groups -OCH3 is 1. The van der Waals surface area contributed by atoms with Gasteiger partial charge in [-0.05, 0) is 61.9 Å². The van der Waals surface area contributed by atoms with Gasteiger partial charge in [0.25, 0.3) is 10.0 Å². The molecule has 1 N–H and O–H groups in total. The van der Waals surface area contributed by atoms with Crippen molar-refractivity contribution in [1.82, 2.24) is 5.32 Å². The molecule has 34 heavy (non-hydrogen) atoms. The summed E-state index contributed by atoms with van der Waals surface area (Å²) < 4.78 is 38.5. The summed E-state index contributed by atoms with van der Waals surface area (Å²) in [5, 5.41) is 3.10. The number of benzene rings is 3. The summed E-state index contributed by atoms with van der Waals surface area (Å²) in [5.74, 6) is 0.671. The number of nitrogens with one attached hydrogen (secondary N) is 1. The lowest BCUT2D eigenvalue weighted by Gasteiger charge is -2.25. The van der Waals surface area contributed by atoms with E-state index in [0.29, 0.717) is 12.4 Å². The van der Waals surface area contributed by atoms with Crippen LogP contribution in [-0.4, -0.2) is 34.6 Å². The molecule has 0 aromatic heterocycles. The van der Waals surface area contributed by atoms with E-state index in [1.807, 2.05) is 38.1 Å². The van der Waals surface area contributed by atoms with Crippen molar-refractivity contribution in [3.05, 3.63) is 83.4 Å². The summed E-state index contributed by atoms with van der Waals surface area (Å²) in [6.07, 6.45) is 0. The third-order valence-corrected chi connectivity index (χ3v) is 7.19. The van der Waals surface area contributed by atoms with E-state index in [9.17, 15) is 13.2 Å². The Bertz CT molecular complexity index is 1220. The minimum Gasteiger partial charge on any atom is -0.495 e. The first-order chi connectivity index (χ1) is 16.3. The van der Waals surface area contributed by atoms with Crippen LogP contribution < -0.4 is 19.1 Å². The number of carbonyl (C=O) groups excluding carboxylic acids is 1. The highest BCUT2D eigenvalue weighted by atomic mass is 35.5. The fraction of sp³-hybridized carbons (Fsp3) is 0.240. The van der Waals surface area contributed by atoms with Crippen LogP contribution in [-0.2, 0) is 14.8 Å². The number of hydrogen-bond acceptors (Lipinski definition) is 5. The fourth-order valence-electron chi connectivity index (χ4n) is 3.37.